The molecule has 3 heteroatoms. The molecule has 0 aromatic heterocycles. The lowest BCUT2D eigenvalue weighted by atomic mass is 9.78. The van der Waals surface area contributed by atoms with Crippen LogP contribution in [0.4, 0.5) is 0 Å². The zero-order valence-corrected chi connectivity index (χ0v) is 18.7. The molecule has 0 N–H and O–H groups in total. The second-order valence-electron chi connectivity index (χ2n) is 7.57. The molecule has 0 radical (unpaired) electrons. The first-order chi connectivity index (χ1) is 12.0. The van der Waals surface area contributed by atoms with E-state index >= 15 is 0 Å². The van der Waals surface area contributed by atoms with Crippen molar-refractivity contribution in [3.8, 4) is 0 Å². The van der Waals surface area contributed by atoms with Crippen molar-refractivity contribution in [2.45, 2.75) is 32.2 Å². The SMILES string of the molecule is CC[N+](C)(CC)CCCC(c1ccccc1)(c1ccccc1)N(C)C.[Br-]. The predicted molar refractivity (Wildman–Crippen MR) is 109 cm³/mol. The fourth-order valence-corrected chi connectivity index (χ4v) is 3.88. The minimum atomic E-state index is -0.0746. The third-order valence-electron chi connectivity index (χ3n) is 6.03. The number of halogens is 1. The molecule has 0 saturated carbocycles. The summed E-state index contributed by atoms with van der Waals surface area (Å²) >= 11 is 0. The first-order valence-corrected chi connectivity index (χ1v) is 9.60. The normalized spacial score (nSPS) is 12.1. The molecule has 0 heterocycles. The molecule has 2 nitrogen and oxygen atoms in total. The van der Waals surface area contributed by atoms with E-state index < -0.39 is 0 Å². The van der Waals surface area contributed by atoms with Gasteiger partial charge < -0.3 is 21.5 Å². The van der Waals surface area contributed by atoms with Crippen LogP contribution in [0.5, 0.6) is 0 Å². The van der Waals surface area contributed by atoms with Gasteiger partial charge in [0.25, 0.3) is 0 Å². The van der Waals surface area contributed by atoms with Crippen molar-refractivity contribution >= 4 is 0 Å². The van der Waals surface area contributed by atoms with Crippen molar-refractivity contribution < 1.29 is 21.5 Å². The molecular formula is C23H35BrN2. The van der Waals surface area contributed by atoms with Crippen LogP contribution in [0.3, 0.4) is 0 Å². The lowest BCUT2D eigenvalue weighted by Gasteiger charge is -2.42. The molecule has 0 aliphatic rings. The highest BCUT2D eigenvalue weighted by Crippen LogP contribution is 2.38. The van der Waals surface area contributed by atoms with Crippen molar-refractivity contribution in [1.82, 2.24) is 4.90 Å². The average Bonchev–Trinajstić information content (AvgIpc) is 2.66. The van der Waals surface area contributed by atoms with Gasteiger partial charge in [-0.25, -0.2) is 0 Å². The highest BCUT2D eigenvalue weighted by atomic mass is 79.9. The molecule has 2 rings (SSSR count). The molecule has 0 amide bonds. The van der Waals surface area contributed by atoms with Crippen molar-refractivity contribution in [3.05, 3.63) is 71.8 Å². The lowest BCUT2D eigenvalue weighted by molar-refractivity contribution is -0.906. The maximum absolute atomic E-state index is 2.40. The monoisotopic (exact) mass is 418 g/mol. The van der Waals surface area contributed by atoms with Gasteiger partial charge in [0.05, 0.1) is 32.2 Å². The first kappa shape index (κ1) is 22.9. The Morgan fingerprint density at radius 1 is 0.808 bits per heavy atom. The summed E-state index contributed by atoms with van der Waals surface area (Å²) in [6.07, 6.45) is 2.34. The quantitative estimate of drug-likeness (QED) is 0.560. The van der Waals surface area contributed by atoms with Gasteiger partial charge in [0.2, 0.25) is 0 Å². The molecule has 0 saturated heterocycles. The van der Waals surface area contributed by atoms with E-state index in [2.05, 4.69) is 101 Å². The highest BCUT2D eigenvalue weighted by Gasteiger charge is 2.36. The van der Waals surface area contributed by atoms with Gasteiger partial charge in [-0.3, -0.25) is 4.90 Å². The van der Waals surface area contributed by atoms with Crippen LogP contribution in [0.25, 0.3) is 0 Å². The molecule has 0 aliphatic heterocycles. The number of benzene rings is 2. The standard InChI is InChI=1S/C23H35N2.BrH/c1-6-25(5,7-2)20-14-19-23(24(3)4,21-15-10-8-11-16-21)22-17-12-9-13-18-22;/h8-13,15-18H,6-7,14,19-20H2,1-5H3;1H/q+1;/p-1. The molecular weight excluding hydrogens is 384 g/mol. The average molecular weight is 419 g/mol. The first-order valence-electron chi connectivity index (χ1n) is 9.60. The maximum Gasteiger partial charge on any atom is 0.0785 e. The molecule has 0 unspecified atom stereocenters. The van der Waals surface area contributed by atoms with Gasteiger partial charge >= 0.3 is 0 Å². The maximum atomic E-state index is 2.40. The van der Waals surface area contributed by atoms with E-state index in [1.807, 2.05) is 0 Å². The summed E-state index contributed by atoms with van der Waals surface area (Å²) in [7, 11) is 6.81. The Hall–Kier alpha value is -1.16. The van der Waals surface area contributed by atoms with E-state index in [1.54, 1.807) is 0 Å². The third kappa shape index (κ3) is 4.97. The summed E-state index contributed by atoms with van der Waals surface area (Å²) in [5, 5.41) is 0. The van der Waals surface area contributed by atoms with Crippen LogP contribution in [0, 0.1) is 0 Å². The van der Waals surface area contributed by atoms with Crippen LogP contribution in [0.15, 0.2) is 60.7 Å². The zero-order chi connectivity index (χ0) is 18.3. The van der Waals surface area contributed by atoms with Crippen molar-refractivity contribution in [2.24, 2.45) is 0 Å². The minimum absolute atomic E-state index is 0. The fourth-order valence-electron chi connectivity index (χ4n) is 3.88. The summed E-state index contributed by atoms with van der Waals surface area (Å²) in [5.41, 5.74) is 2.69. The Labute approximate surface area is 171 Å². The van der Waals surface area contributed by atoms with Gasteiger partial charge in [0, 0.05) is 0 Å². The van der Waals surface area contributed by atoms with Crippen LogP contribution < -0.4 is 17.0 Å². The Balaban J connectivity index is 0.00000338. The van der Waals surface area contributed by atoms with Crippen LogP contribution in [0.1, 0.15) is 37.8 Å². The number of rotatable bonds is 9. The van der Waals surface area contributed by atoms with Crippen molar-refractivity contribution in [3.63, 3.8) is 0 Å². The van der Waals surface area contributed by atoms with Gasteiger partial charge in [0.1, 0.15) is 0 Å². The van der Waals surface area contributed by atoms with E-state index in [9.17, 15) is 0 Å². The fraction of sp³-hybridized carbons (Fsp3) is 0.478. The largest absolute Gasteiger partial charge is 1.00 e. The van der Waals surface area contributed by atoms with Gasteiger partial charge in [-0.2, -0.15) is 0 Å². The number of quaternary nitrogens is 1. The smallest absolute Gasteiger partial charge is 0.0785 e. The molecule has 0 aliphatic carbocycles. The van der Waals surface area contributed by atoms with E-state index in [0.29, 0.717) is 0 Å². The molecule has 26 heavy (non-hydrogen) atoms. The number of nitrogens with zero attached hydrogens (tertiary/aromatic N) is 2. The van der Waals surface area contributed by atoms with Crippen molar-refractivity contribution in [2.75, 3.05) is 40.8 Å². The second-order valence-corrected chi connectivity index (χ2v) is 7.57. The van der Waals surface area contributed by atoms with Gasteiger partial charge in [0.15, 0.2) is 0 Å². The molecule has 0 spiro atoms. The Bertz CT molecular complexity index is 582. The summed E-state index contributed by atoms with van der Waals surface area (Å²) in [6.45, 7) is 8.22. The summed E-state index contributed by atoms with van der Waals surface area (Å²) in [4.78, 5) is 2.40. The van der Waals surface area contributed by atoms with E-state index in [0.717, 1.165) is 10.9 Å². The third-order valence-corrected chi connectivity index (χ3v) is 6.03. The van der Waals surface area contributed by atoms with Crippen molar-refractivity contribution in [1.29, 1.82) is 0 Å². The number of hydrogen-bond acceptors (Lipinski definition) is 1. The lowest BCUT2D eigenvalue weighted by Crippen LogP contribution is -3.00. The van der Waals surface area contributed by atoms with Crippen LogP contribution in [0.2, 0.25) is 0 Å². The molecule has 0 fully saturated rings. The zero-order valence-electron chi connectivity index (χ0n) is 17.1. The Morgan fingerprint density at radius 2 is 1.23 bits per heavy atom. The molecule has 2 aromatic rings. The highest BCUT2D eigenvalue weighted by molar-refractivity contribution is 5.38. The minimum Gasteiger partial charge on any atom is -1.00 e. The predicted octanol–water partition coefficient (Wildman–Crippen LogP) is 1.76. The molecule has 0 atom stereocenters. The van der Waals surface area contributed by atoms with Gasteiger partial charge in [-0.15, -0.1) is 0 Å². The summed E-state index contributed by atoms with van der Waals surface area (Å²) < 4.78 is 1.15. The topological polar surface area (TPSA) is 3.24 Å². The summed E-state index contributed by atoms with van der Waals surface area (Å²) in [6, 6.07) is 22.0. The van der Waals surface area contributed by atoms with Crippen LogP contribution in [-0.2, 0) is 5.54 Å². The summed E-state index contributed by atoms with van der Waals surface area (Å²) in [5.74, 6) is 0. The molecule has 2 aromatic carbocycles. The van der Waals surface area contributed by atoms with Gasteiger partial charge in [-0.1, -0.05) is 60.7 Å². The van der Waals surface area contributed by atoms with Crippen LogP contribution in [-0.4, -0.2) is 50.2 Å². The van der Waals surface area contributed by atoms with Crippen LogP contribution >= 0.6 is 0 Å². The Kier molecular flexibility index (Phi) is 9.02. The molecule has 0 bridgehead atoms. The van der Waals surface area contributed by atoms with E-state index in [-0.39, 0.29) is 22.5 Å². The Morgan fingerprint density at radius 3 is 1.58 bits per heavy atom. The van der Waals surface area contributed by atoms with Gasteiger partial charge in [-0.05, 0) is 51.9 Å². The molecule has 144 valence electrons. The second kappa shape index (κ2) is 10.2. The van der Waals surface area contributed by atoms with E-state index in [4.69, 9.17) is 0 Å². The van der Waals surface area contributed by atoms with E-state index in [1.165, 1.54) is 37.2 Å². The number of hydrogen-bond donors (Lipinski definition) is 0.